The summed E-state index contributed by atoms with van der Waals surface area (Å²) in [6.07, 6.45) is -5.93. The van der Waals surface area contributed by atoms with Gasteiger partial charge in [0, 0.05) is 10.6 Å². The molecule has 1 heterocycles. The van der Waals surface area contributed by atoms with Crippen LogP contribution in [0.5, 0.6) is 5.75 Å². The second-order valence-electron chi connectivity index (χ2n) is 8.04. The summed E-state index contributed by atoms with van der Waals surface area (Å²) in [5.41, 5.74) is -0.0290. The average Bonchev–Trinajstić information content (AvgIpc) is 2.82. The molecule has 1 atom stereocenters. The number of benzene rings is 3. The molecule has 36 heavy (non-hydrogen) atoms. The number of rotatable bonds is 5. The van der Waals surface area contributed by atoms with Crippen molar-refractivity contribution in [3.8, 4) is 17.1 Å². The topological polar surface area (TPSA) is 68.5 Å². The van der Waals surface area contributed by atoms with Gasteiger partial charge in [-0.05, 0) is 50.2 Å². The summed E-state index contributed by atoms with van der Waals surface area (Å²) in [5, 5.41) is 2.67. The van der Waals surface area contributed by atoms with Crippen molar-refractivity contribution in [1.82, 2.24) is 0 Å². The van der Waals surface area contributed by atoms with Crippen LogP contribution in [-0.4, -0.2) is 12.0 Å². The van der Waals surface area contributed by atoms with Gasteiger partial charge in [-0.3, -0.25) is 9.59 Å². The van der Waals surface area contributed by atoms with Gasteiger partial charge in [-0.15, -0.1) is 0 Å². The Bertz CT molecular complexity index is 1520. The Labute approximate surface area is 213 Å². The fraction of sp³-hybridized carbons (Fsp3) is 0.154. The fourth-order valence-corrected chi connectivity index (χ4v) is 3.75. The molecule has 1 amide bonds. The molecule has 1 N–H and O–H groups in total. The average molecular weight is 536 g/mol. The van der Waals surface area contributed by atoms with Gasteiger partial charge in [-0.25, -0.2) is 0 Å². The first kappa shape index (κ1) is 25.6. The van der Waals surface area contributed by atoms with Crippen LogP contribution in [0.3, 0.4) is 0 Å². The Hall–Kier alpha value is -3.49. The third kappa shape index (κ3) is 5.34. The van der Waals surface area contributed by atoms with E-state index < -0.39 is 29.2 Å². The van der Waals surface area contributed by atoms with E-state index in [2.05, 4.69) is 5.32 Å². The molecule has 10 heteroatoms. The summed E-state index contributed by atoms with van der Waals surface area (Å²) in [6, 6.07) is 14.2. The molecule has 0 aliphatic rings. The quantitative estimate of drug-likeness (QED) is 0.287. The van der Waals surface area contributed by atoms with Crippen LogP contribution < -0.4 is 15.5 Å². The molecule has 0 fully saturated rings. The Morgan fingerprint density at radius 2 is 1.72 bits per heavy atom. The van der Waals surface area contributed by atoms with E-state index in [9.17, 15) is 22.8 Å². The Balaban J connectivity index is 1.71. The van der Waals surface area contributed by atoms with E-state index in [1.165, 1.54) is 13.0 Å². The minimum atomic E-state index is -4.62. The van der Waals surface area contributed by atoms with Crippen molar-refractivity contribution in [1.29, 1.82) is 0 Å². The summed E-state index contributed by atoms with van der Waals surface area (Å²) in [6.45, 7) is 3.24. The molecule has 0 spiro atoms. The van der Waals surface area contributed by atoms with E-state index in [0.29, 0.717) is 10.6 Å². The second-order valence-corrected chi connectivity index (χ2v) is 8.88. The van der Waals surface area contributed by atoms with Crippen LogP contribution in [0, 0.1) is 6.92 Å². The maximum atomic E-state index is 13.3. The van der Waals surface area contributed by atoms with Crippen LogP contribution in [0.15, 0.2) is 69.9 Å². The molecule has 4 aromatic rings. The molecule has 4 rings (SSSR count). The van der Waals surface area contributed by atoms with Gasteiger partial charge in [0.05, 0.1) is 21.7 Å². The van der Waals surface area contributed by atoms with Crippen LogP contribution in [0.2, 0.25) is 10.0 Å². The number of halogens is 5. The van der Waals surface area contributed by atoms with E-state index in [4.69, 9.17) is 32.4 Å². The molecule has 0 saturated carbocycles. The Kier molecular flexibility index (Phi) is 7.02. The molecule has 0 aliphatic carbocycles. The van der Waals surface area contributed by atoms with Crippen LogP contribution in [0.4, 0.5) is 18.9 Å². The molecule has 0 radical (unpaired) electrons. The number of anilines is 1. The highest BCUT2D eigenvalue weighted by atomic mass is 35.5. The summed E-state index contributed by atoms with van der Waals surface area (Å²) in [5.74, 6) is -0.977. The van der Waals surface area contributed by atoms with Crippen molar-refractivity contribution in [2.45, 2.75) is 26.1 Å². The summed E-state index contributed by atoms with van der Waals surface area (Å²) < 4.78 is 51.0. The molecule has 0 aliphatic heterocycles. The summed E-state index contributed by atoms with van der Waals surface area (Å²) in [7, 11) is 0. The smallest absolute Gasteiger partial charge is 0.416 e. The van der Waals surface area contributed by atoms with E-state index in [0.717, 1.165) is 23.8 Å². The molecular weight excluding hydrogens is 518 g/mol. The maximum absolute atomic E-state index is 13.3. The highest BCUT2D eigenvalue weighted by Crippen LogP contribution is 2.35. The first-order chi connectivity index (χ1) is 16.9. The van der Waals surface area contributed by atoms with Crippen LogP contribution in [0.25, 0.3) is 22.3 Å². The second kappa shape index (κ2) is 9.87. The van der Waals surface area contributed by atoms with Crippen molar-refractivity contribution in [3.63, 3.8) is 0 Å². The van der Waals surface area contributed by atoms with E-state index >= 15 is 0 Å². The minimum Gasteiger partial charge on any atom is -0.473 e. The molecule has 1 aromatic heterocycles. The zero-order valence-electron chi connectivity index (χ0n) is 18.9. The first-order valence-electron chi connectivity index (χ1n) is 10.6. The van der Waals surface area contributed by atoms with Crippen LogP contribution in [-0.2, 0) is 11.0 Å². The predicted octanol–water partition coefficient (Wildman–Crippen LogP) is 7.50. The normalized spacial score (nSPS) is 12.4. The van der Waals surface area contributed by atoms with Gasteiger partial charge in [0.15, 0.2) is 11.9 Å². The number of hydrogen-bond acceptors (Lipinski definition) is 4. The fourth-order valence-electron chi connectivity index (χ4n) is 3.41. The monoisotopic (exact) mass is 535 g/mol. The zero-order valence-corrected chi connectivity index (χ0v) is 20.4. The number of aryl methyl sites for hydroxylation is 1. The van der Waals surface area contributed by atoms with E-state index in [1.807, 2.05) is 19.1 Å². The number of carbonyl (C=O) groups excluding carboxylic acids is 1. The Morgan fingerprint density at radius 3 is 2.39 bits per heavy atom. The van der Waals surface area contributed by atoms with E-state index in [-0.39, 0.29) is 33.2 Å². The number of amides is 1. The molecule has 3 aromatic carbocycles. The standard InChI is InChI=1S/C26H18Cl2F3NO4/c1-13-3-5-15(6-4-13)23-24(22(33)18-12-17(27)8-10-21(18)36-23)35-14(2)25(34)32-20-11-16(26(29,30)31)7-9-19(20)28/h3-12,14H,1-2H3,(H,32,34). The summed E-state index contributed by atoms with van der Waals surface area (Å²) >= 11 is 12.0. The highest BCUT2D eigenvalue weighted by Gasteiger charge is 2.31. The van der Waals surface area contributed by atoms with Gasteiger partial charge < -0.3 is 14.5 Å². The lowest BCUT2D eigenvalue weighted by Gasteiger charge is -2.18. The van der Waals surface area contributed by atoms with Crippen molar-refractivity contribution in [2.75, 3.05) is 5.32 Å². The zero-order chi connectivity index (χ0) is 26.2. The molecule has 0 saturated heterocycles. The molecule has 0 bridgehead atoms. The Morgan fingerprint density at radius 1 is 1.03 bits per heavy atom. The van der Waals surface area contributed by atoms with Gasteiger partial charge in [0.25, 0.3) is 5.91 Å². The first-order valence-corrected chi connectivity index (χ1v) is 11.4. The van der Waals surface area contributed by atoms with E-state index in [1.54, 1.807) is 24.3 Å². The molecule has 5 nitrogen and oxygen atoms in total. The highest BCUT2D eigenvalue weighted by molar-refractivity contribution is 6.33. The van der Waals surface area contributed by atoms with Gasteiger partial charge in [-0.1, -0.05) is 53.0 Å². The molecule has 1 unspecified atom stereocenters. The maximum Gasteiger partial charge on any atom is 0.416 e. The van der Waals surface area contributed by atoms with Crippen molar-refractivity contribution >= 4 is 45.8 Å². The number of fused-ring (bicyclic) bond motifs is 1. The van der Waals surface area contributed by atoms with Crippen LogP contribution >= 0.6 is 23.2 Å². The number of ether oxygens (including phenoxy) is 1. The third-order valence-electron chi connectivity index (χ3n) is 5.34. The van der Waals surface area contributed by atoms with Crippen LogP contribution in [0.1, 0.15) is 18.1 Å². The number of carbonyl (C=O) groups is 1. The largest absolute Gasteiger partial charge is 0.473 e. The van der Waals surface area contributed by atoms with Crippen molar-refractivity contribution in [2.24, 2.45) is 0 Å². The number of nitrogens with one attached hydrogen (secondary N) is 1. The minimum absolute atomic E-state index is 0.0894. The van der Waals surface area contributed by atoms with Gasteiger partial charge >= 0.3 is 6.18 Å². The lowest BCUT2D eigenvalue weighted by atomic mass is 10.1. The SMILES string of the molecule is Cc1ccc(-c2oc3ccc(Cl)cc3c(=O)c2OC(C)C(=O)Nc2cc(C(F)(F)F)ccc2Cl)cc1. The lowest BCUT2D eigenvalue weighted by molar-refractivity contribution is -0.137. The van der Waals surface area contributed by atoms with Gasteiger partial charge in [0.2, 0.25) is 11.2 Å². The lowest BCUT2D eigenvalue weighted by Crippen LogP contribution is -2.32. The van der Waals surface area contributed by atoms with Gasteiger partial charge in [-0.2, -0.15) is 13.2 Å². The summed E-state index contributed by atoms with van der Waals surface area (Å²) in [4.78, 5) is 26.2. The van der Waals surface area contributed by atoms with Crippen molar-refractivity contribution < 1.29 is 27.1 Å². The third-order valence-corrected chi connectivity index (χ3v) is 5.90. The van der Waals surface area contributed by atoms with Gasteiger partial charge in [0.1, 0.15) is 5.58 Å². The van der Waals surface area contributed by atoms with Crippen molar-refractivity contribution in [3.05, 3.63) is 92.1 Å². The predicted molar refractivity (Wildman–Crippen MR) is 133 cm³/mol. The number of hydrogen-bond donors (Lipinski definition) is 1. The number of alkyl halides is 3. The molecule has 186 valence electrons. The molecular formula is C26H18Cl2F3NO4.